The Balaban J connectivity index is 2.11. The Morgan fingerprint density at radius 2 is 2.12 bits per heavy atom. The van der Waals surface area contributed by atoms with E-state index in [1.165, 1.54) is 18.4 Å². The summed E-state index contributed by atoms with van der Waals surface area (Å²) >= 11 is 0. The van der Waals surface area contributed by atoms with Crippen molar-refractivity contribution in [3.05, 3.63) is 29.3 Å². The average molecular weight is 233 g/mol. The van der Waals surface area contributed by atoms with Crippen molar-refractivity contribution in [2.75, 3.05) is 6.54 Å². The molecule has 1 aromatic rings. The topological polar surface area (TPSA) is 23.5 Å². The molecule has 2 heteroatoms. The Morgan fingerprint density at radius 3 is 2.88 bits per heavy atom. The number of nitrogens with zero attached hydrogens (tertiary/aromatic N) is 1. The summed E-state index contributed by atoms with van der Waals surface area (Å²) in [6, 6.07) is 6.48. The summed E-state index contributed by atoms with van der Waals surface area (Å²) in [5.41, 5.74) is 2.28. The van der Waals surface area contributed by atoms with Crippen molar-refractivity contribution in [1.82, 2.24) is 4.90 Å². The molecule has 94 valence electrons. The van der Waals surface area contributed by atoms with E-state index in [9.17, 15) is 5.11 Å². The lowest BCUT2D eigenvalue weighted by Gasteiger charge is -2.38. The second kappa shape index (κ2) is 5.09. The molecular weight excluding hydrogens is 210 g/mol. The summed E-state index contributed by atoms with van der Waals surface area (Å²) in [5.74, 6) is 1.19. The number of hydrogen-bond acceptors (Lipinski definition) is 2. The van der Waals surface area contributed by atoms with Crippen molar-refractivity contribution in [1.29, 1.82) is 0 Å². The molecule has 0 aromatic heterocycles. The van der Waals surface area contributed by atoms with Crippen LogP contribution in [0.4, 0.5) is 0 Å². The number of aryl methyl sites for hydroxylation is 1. The molecule has 0 radical (unpaired) electrons. The van der Waals surface area contributed by atoms with E-state index in [0.29, 0.717) is 11.8 Å². The van der Waals surface area contributed by atoms with Crippen molar-refractivity contribution in [2.24, 2.45) is 5.92 Å². The number of rotatable bonds is 2. The van der Waals surface area contributed by atoms with Gasteiger partial charge >= 0.3 is 0 Å². The standard InChI is InChI=1S/C15H23NO/c1-11-6-7-15(17)14(9-11)10-16-8-4-5-12(2)13(16)3/h6-7,9,12-13,17H,4-5,8,10H2,1-3H3. The van der Waals surface area contributed by atoms with Gasteiger partial charge in [-0.05, 0) is 45.2 Å². The van der Waals surface area contributed by atoms with Gasteiger partial charge in [0.15, 0.2) is 0 Å². The summed E-state index contributed by atoms with van der Waals surface area (Å²) in [5, 5.41) is 9.89. The maximum atomic E-state index is 9.89. The van der Waals surface area contributed by atoms with Gasteiger partial charge in [0.05, 0.1) is 0 Å². The van der Waals surface area contributed by atoms with Crippen LogP contribution < -0.4 is 0 Å². The molecule has 2 atom stereocenters. The van der Waals surface area contributed by atoms with Gasteiger partial charge < -0.3 is 5.11 Å². The van der Waals surface area contributed by atoms with Crippen LogP contribution in [0.15, 0.2) is 18.2 Å². The lowest BCUT2D eigenvalue weighted by molar-refractivity contribution is 0.105. The Morgan fingerprint density at radius 1 is 1.35 bits per heavy atom. The minimum Gasteiger partial charge on any atom is -0.508 e. The zero-order valence-corrected chi connectivity index (χ0v) is 11.1. The lowest BCUT2D eigenvalue weighted by Crippen LogP contribution is -2.41. The van der Waals surface area contributed by atoms with Crippen molar-refractivity contribution in [3.8, 4) is 5.75 Å². The number of phenolic OH excluding ortho intramolecular Hbond substituents is 1. The molecule has 17 heavy (non-hydrogen) atoms. The van der Waals surface area contributed by atoms with Gasteiger partial charge in [-0.1, -0.05) is 24.6 Å². The van der Waals surface area contributed by atoms with Crippen LogP contribution in [-0.4, -0.2) is 22.6 Å². The summed E-state index contributed by atoms with van der Waals surface area (Å²) in [6.07, 6.45) is 2.61. The lowest BCUT2D eigenvalue weighted by atomic mass is 9.91. The second-order valence-electron chi connectivity index (χ2n) is 5.46. The first-order valence-corrected chi connectivity index (χ1v) is 6.60. The Kier molecular flexibility index (Phi) is 3.72. The van der Waals surface area contributed by atoms with Crippen LogP contribution in [0.25, 0.3) is 0 Å². The summed E-state index contributed by atoms with van der Waals surface area (Å²) in [4.78, 5) is 2.49. The molecule has 1 heterocycles. The first-order valence-electron chi connectivity index (χ1n) is 6.60. The number of aromatic hydroxyl groups is 1. The van der Waals surface area contributed by atoms with E-state index >= 15 is 0 Å². The minimum atomic E-state index is 0.432. The molecule has 1 fully saturated rings. The van der Waals surface area contributed by atoms with E-state index in [1.807, 2.05) is 12.1 Å². The molecule has 1 saturated heterocycles. The van der Waals surface area contributed by atoms with E-state index in [4.69, 9.17) is 0 Å². The van der Waals surface area contributed by atoms with Crippen molar-refractivity contribution in [3.63, 3.8) is 0 Å². The van der Waals surface area contributed by atoms with E-state index in [-0.39, 0.29) is 0 Å². The zero-order valence-electron chi connectivity index (χ0n) is 11.1. The fourth-order valence-electron chi connectivity index (χ4n) is 2.70. The largest absolute Gasteiger partial charge is 0.508 e. The van der Waals surface area contributed by atoms with Crippen LogP contribution in [0, 0.1) is 12.8 Å². The molecule has 0 aliphatic carbocycles. The SMILES string of the molecule is Cc1ccc(O)c(CN2CCCC(C)C2C)c1. The highest BCUT2D eigenvalue weighted by Crippen LogP contribution is 2.27. The molecule has 0 saturated carbocycles. The van der Waals surface area contributed by atoms with Crippen LogP contribution in [0.1, 0.15) is 37.8 Å². The minimum absolute atomic E-state index is 0.432. The number of piperidine rings is 1. The first-order chi connectivity index (χ1) is 8.08. The van der Waals surface area contributed by atoms with Crippen LogP contribution in [0.2, 0.25) is 0 Å². The van der Waals surface area contributed by atoms with Crippen molar-refractivity contribution >= 4 is 0 Å². The molecule has 0 bridgehead atoms. The zero-order chi connectivity index (χ0) is 12.4. The monoisotopic (exact) mass is 233 g/mol. The van der Waals surface area contributed by atoms with Crippen LogP contribution in [0.5, 0.6) is 5.75 Å². The van der Waals surface area contributed by atoms with E-state index in [2.05, 4.69) is 31.7 Å². The van der Waals surface area contributed by atoms with E-state index in [0.717, 1.165) is 24.6 Å². The molecule has 2 rings (SSSR count). The summed E-state index contributed by atoms with van der Waals surface area (Å²) < 4.78 is 0. The maximum Gasteiger partial charge on any atom is 0.120 e. The smallest absolute Gasteiger partial charge is 0.120 e. The summed E-state index contributed by atoms with van der Waals surface area (Å²) in [7, 11) is 0. The number of phenols is 1. The van der Waals surface area contributed by atoms with Gasteiger partial charge in [0, 0.05) is 18.2 Å². The molecule has 1 N–H and O–H groups in total. The Labute approximate surface area is 104 Å². The van der Waals surface area contributed by atoms with Gasteiger partial charge in [-0.25, -0.2) is 0 Å². The predicted octanol–water partition coefficient (Wildman–Crippen LogP) is 3.32. The van der Waals surface area contributed by atoms with Crippen LogP contribution >= 0.6 is 0 Å². The molecule has 0 amide bonds. The summed E-state index contributed by atoms with van der Waals surface area (Å²) in [6.45, 7) is 8.73. The highest BCUT2D eigenvalue weighted by Gasteiger charge is 2.24. The fourth-order valence-corrected chi connectivity index (χ4v) is 2.70. The fraction of sp³-hybridized carbons (Fsp3) is 0.600. The third-order valence-corrected chi connectivity index (χ3v) is 4.11. The molecule has 1 aliphatic heterocycles. The van der Waals surface area contributed by atoms with Crippen molar-refractivity contribution in [2.45, 2.75) is 46.2 Å². The molecule has 2 unspecified atom stereocenters. The quantitative estimate of drug-likeness (QED) is 0.847. The predicted molar refractivity (Wildman–Crippen MR) is 71.1 cm³/mol. The van der Waals surface area contributed by atoms with Gasteiger partial charge in [0.1, 0.15) is 5.75 Å². The number of benzene rings is 1. The third-order valence-electron chi connectivity index (χ3n) is 4.11. The van der Waals surface area contributed by atoms with Gasteiger partial charge in [-0.15, -0.1) is 0 Å². The molecular formula is C15H23NO. The third kappa shape index (κ3) is 2.81. The molecule has 1 aromatic carbocycles. The second-order valence-corrected chi connectivity index (χ2v) is 5.46. The van der Waals surface area contributed by atoms with Gasteiger partial charge in [0.25, 0.3) is 0 Å². The molecule has 2 nitrogen and oxygen atoms in total. The average Bonchev–Trinajstić information content (AvgIpc) is 2.30. The number of likely N-dealkylation sites (tertiary alicyclic amines) is 1. The number of hydrogen-bond donors (Lipinski definition) is 1. The highest BCUT2D eigenvalue weighted by molar-refractivity contribution is 5.35. The molecule has 1 aliphatic rings. The van der Waals surface area contributed by atoms with E-state index < -0.39 is 0 Å². The first kappa shape index (κ1) is 12.4. The van der Waals surface area contributed by atoms with Crippen LogP contribution in [-0.2, 0) is 6.54 Å². The Hall–Kier alpha value is -1.02. The van der Waals surface area contributed by atoms with Gasteiger partial charge in [0.2, 0.25) is 0 Å². The van der Waals surface area contributed by atoms with Gasteiger partial charge in [-0.3, -0.25) is 4.90 Å². The Bertz CT molecular complexity index is 389. The highest BCUT2D eigenvalue weighted by atomic mass is 16.3. The molecule has 0 spiro atoms. The van der Waals surface area contributed by atoms with E-state index in [1.54, 1.807) is 0 Å². The maximum absolute atomic E-state index is 9.89. The van der Waals surface area contributed by atoms with Gasteiger partial charge in [-0.2, -0.15) is 0 Å². The normalized spacial score (nSPS) is 26.1. The van der Waals surface area contributed by atoms with Crippen molar-refractivity contribution < 1.29 is 5.11 Å². The van der Waals surface area contributed by atoms with Crippen LogP contribution in [0.3, 0.4) is 0 Å².